The molecule has 1 aromatic heterocycles. The zero-order valence-electron chi connectivity index (χ0n) is 10.3. The molecule has 3 nitrogen and oxygen atoms in total. The molecule has 3 rings (SSSR count). The van der Waals surface area contributed by atoms with E-state index in [-0.39, 0.29) is 0 Å². The van der Waals surface area contributed by atoms with Crippen molar-refractivity contribution in [2.45, 2.75) is 12.8 Å². The summed E-state index contributed by atoms with van der Waals surface area (Å²) >= 11 is 0. The Hall–Kier alpha value is -2.03. The van der Waals surface area contributed by atoms with Crippen LogP contribution in [0.25, 0.3) is 0 Å². The Morgan fingerprint density at radius 1 is 1.22 bits per heavy atom. The van der Waals surface area contributed by atoms with Crippen molar-refractivity contribution >= 4 is 11.4 Å². The lowest BCUT2D eigenvalue weighted by molar-refractivity contribution is 0.799. The van der Waals surface area contributed by atoms with Crippen molar-refractivity contribution in [3.8, 4) is 0 Å². The number of hydrogen-bond acceptors (Lipinski definition) is 3. The van der Waals surface area contributed by atoms with Gasteiger partial charge in [-0.15, -0.1) is 0 Å². The zero-order chi connectivity index (χ0) is 12.4. The number of rotatable bonds is 3. The number of nitrogens with two attached hydrogens (primary N) is 1. The summed E-state index contributed by atoms with van der Waals surface area (Å²) in [6.45, 7) is 2.10. The Morgan fingerprint density at radius 3 is 3.00 bits per heavy atom. The summed E-state index contributed by atoms with van der Waals surface area (Å²) in [5.74, 6) is 0. The predicted octanol–water partition coefficient (Wildman–Crippen LogP) is 2.27. The van der Waals surface area contributed by atoms with Gasteiger partial charge in [0.1, 0.15) is 0 Å². The number of nitrogens with zero attached hydrogens (tertiary/aromatic N) is 2. The van der Waals surface area contributed by atoms with Gasteiger partial charge in [-0.25, -0.2) is 0 Å². The third-order valence-corrected chi connectivity index (χ3v) is 3.47. The van der Waals surface area contributed by atoms with Crippen molar-refractivity contribution in [2.75, 3.05) is 23.7 Å². The van der Waals surface area contributed by atoms with Crippen molar-refractivity contribution in [3.63, 3.8) is 0 Å². The third-order valence-electron chi connectivity index (χ3n) is 3.47. The molecule has 0 unspecified atom stereocenters. The van der Waals surface area contributed by atoms with E-state index in [4.69, 9.17) is 5.73 Å². The van der Waals surface area contributed by atoms with E-state index in [0.29, 0.717) is 0 Å². The molecule has 0 radical (unpaired) electrons. The van der Waals surface area contributed by atoms with Gasteiger partial charge in [0.25, 0.3) is 0 Å². The standard InChI is InChI=1S/C15H17N3/c16-13-5-4-12-6-9-18(15(12)11-13)10-7-14-3-1-2-8-17-14/h1-5,8,11H,6-7,9-10,16H2. The lowest BCUT2D eigenvalue weighted by atomic mass is 10.1. The summed E-state index contributed by atoms with van der Waals surface area (Å²) in [7, 11) is 0. The summed E-state index contributed by atoms with van der Waals surface area (Å²) in [5, 5.41) is 0. The van der Waals surface area contributed by atoms with Gasteiger partial charge in [0.05, 0.1) is 0 Å². The molecule has 0 fully saturated rings. The van der Waals surface area contributed by atoms with Gasteiger partial charge < -0.3 is 10.6 Å². The minimum Gasteiger partial charge on any atom is -0.399 e. The fraction of sp³-hybridized carbons (Fsp3) is 0.267. The summed E-state index contributed by atoms with van der Waals surface area (Å²) < 4.78 is 0. The van der Waals surface area contributed by atoms with E-state index >= 15 is 0 Å². The Morgan fingerprint density at radius 2 is 2.17 bits per heavy atom. The van der Waals surface area contributed by atoms with Crippen molar-refractivity contribution in [3.05, 3.63) is 53.9 Å². The fourth-order valence-electron chi connectivity index (χ4n) is 2.49. The molecule has 0 atom stereocenters. The first-order valence-electron chi connectivity index (χ1n) is 6.36. The van der Waals surface area contributed by atoms with Crippen LogP contribution in [0.3, 0.4) is 0 Å². The SMILES string of the molecule is Nc1ccc2c(c1)N(CCc1ccccn1)CC2. The highest BCUT2D eigenvalue weighted by Gasteiger charge is 2.18. The van der Waals surface area contributed by atoms with Crippen LogP contribution in [0.1, 0.15) is 11.3 Å². The second-order valence-electron chi connectivity index (χ2n) is 4.70. The maximum Gasteiger partial charge on any atom is 0.0421 e. The van der Waals surface area contributed by atoms with E-state index in [1.54, 1.807) is 0 Å². The van der Waals surface area contributed by atoms with Crippen LogP contribution in [0.5, 0.6) is 0 Å². The molecular formula is C15H17N3. The van der Waals surface area contributed by atoms with Gasteiger partial charge in [0.15, 0.2) is 0 Å². The molecule has 0 bridgehead atoms. The molecule has 0 spiro atoms. The quantitative estimate of drug-likeness (QED) is 0.835. The van der Waals surface area contributed by atoms with E-state index in [0.717, 1.165) is 37.3 Å². The molecule has 0 amide bonds. The minimum atomic E-state index is 0.846. The van der Waals surface area contributed by atoms with Gasteiger partial charge in [-0.05, 0) is 36.2 Å². The summed E-state index contributed by atoms with van der Waals surface area (Å²) in [4.78, 5) is 6.77. The van der Waals surface area contributed by atoms with Crippen molar-refractivity contribution in [2.24, 2.45) is 0 Å². The molecule has 1 aliphatic heterocycles. The summed E-state index contributed by atoms with van der Waals surface area (Å²) in [5.41, 5.74) is 10.6. The fourth-order valence-corrected chi connectivity index (χ4v) is 2.49. The van der Waals surface area contributed by atoms with Crippen LogP contribution >= 0.6 is 0 Å². The molecule has 1 aromatic carbocycles. The molecule has 0 saturated heterocycles. The van der Waals surface area contributed by atoms with E-state index in [9.17, 15) is 0 Å². The van der Waals surface area contributed by atoms with E-state index < -0.39 is 0 Å². The van der Waals surface area contributed by atoms with Gasteiger partial charge in [-0.1, -0.05) is 12.1 Å². The van der Waals surface area contributed by atoms with Crippen molar-refractivity contribution < 1.29 is 0 Å². The average molecular weight is 239 g/mol. The lowest BCUT2D eigenvalue weighted by Gasteiger charge is -2.19. The molecular weight excluding hydrogens is 222 g/mol. The van der Waals surface area contributed by atoms with Gasteiger partial charge in [0, 0.05) is 42.8 Å². The largest absolute Gasteiger partial charge is 0.399 e. The number of pyridine rings is 1. The molecule has 1 aliphatic rings. The maximum absolute atomic E-state index is 5.86. The van der Waals surface area contributed by atoms with Crippen LogP contribution in [0, 0.1) is 0 Å². The van der Waals surface area contributed by atoms with Gasteiger partial charge >= 0.3 is 0 Å². The van der Waals surface area contributed by atoms with Crippen molar-refractivity contribution in [1.29, 1.82) is 0 Å². The molecule has 2 heterocycles. The van der Waals surface area contributed by atoms with Gasteiger partial charge in [-0.3, -0.25) is 4.98 Å². The number of hydrogen-bond donors (Lipinski definition) is 1. The van der Waals surface area contributed by atoms with Crippen LogP contribution in [0.15, 0.2) is 42.6 Å². The first-order valence-corrected chi connectivity index (χ1v) is 6.36. The Balaban J connectivity index is 1.71. The topological polar surface area (TPSA) is 42.1 Å². The lowest BCUT2D eigenvalue weighted by Crippen LogP contribution is -2.23. The van der Waals surface area contributed by atoms with Crippen molar-refractivity contribution in [1.82, 2.24) is 4.98 Å². The van der Waals surface area contributed by atoms with E-state index in [1.165, 1.54) is 11.3 Å². The molecule has 2 aromatic rings. The Bertz CT molecular complexity index is 537. The molecule has 2 N–H and O–H groups in total. The molecule has 92 valence electrons. The van der Waals surface area contributed by atoms with Crippen LogP contribution < -0.4 is 10.6 Å². The normalized spacial score (nSPS) is 13.7. The first kappa shape index (κ1) is 11.1. The number of benzene rings is 1. The highest BCUT2D eigenvalue weighted by molar-refractivity contribution is 5.64. The third kappa shape index (κ3) is 2.16. The maximum atomic E-state index is 5.86. The molecule has 0 aliphatic carbocycles. The highest BCUT2D eigenvalue weighted by Crippen LogP contribution is 2.29. The molecule has 18 heavy (non-hydrogen) atoms. The number of aromatic nitrogens is 1. The Labute approximate surface area is 107 Å². The van der Waals surface area contributed by atoms with Crippen LogP contribution in [0.4, 0.5) is 11.4 Å². The highest BCUT2D eigenvalue weighted by atomic mass is 15.1. The van der Waals surface area contributed by atoms with E-state index in [2.05, 4.69) is 28.1 Å². The average Bonchev–Trinajstić information content (AvgIpc) is 2.80. The first-order chi connectivity index (χ1) is 8.83. The zero-order valence-corrected chi connectivity index (χ0v) is 10.3. The summed E-state index contributed by atoms with van der Waals surface area (Å²) in [6.07, 6.45) is 3.96. The monoisotopic (exact) mass is 239 g/mol. The van der Waals surface area contributed by atoms with Gasteiger partial charge in [-0.2, -0.15) is 0 Å². The summed E-state index contributed by atoms with van der Waals surface area (Å²) in [6, 6.07) is 12.3. The smallest absolute Gasteiger partial charge is 0.0421 e. The second kappa shape index (κ2) is 4.69. The minimum absolute atomic E-state index is 0.846. The number of anilines is 2. The molecule has 0 saturated carbocycles. The Kier molecular flexibility index (Phi) is 2.89. The number of nitrogen functional groups attached to an aromatic ring is 1. The van der Waals surface area contributed by atoms with Crippen LogP contribution in [0.2, 0.25) is 0 Å². The predicted molar refractivity (Wildman–Crippen MR) is 74.7 cm³/mol. The van der Waals surface area contributed by atoms with E-state index in [1.807, 2.05) is 24.4 Å². The van der Waals surface area contributed by atoms with Gasteiger partial charge in [0.2, 0.25) is 0 Å². The number of fused-ring (bicyclic) bond motifs is 1. The second-order valence-corrected chi connectivity index (χ2v) is 4.70. The molecule has 3 heteroatoms. The van der Waals surface area contributed by atoms with Crippen LogP contribution in [-0.2, 0) is 12.8 Å². The van der Waals surface area contributed by atoms with Crippen LogP contribution in [-0.4, -0.2) is 18.1 Å².